The van der Waals surface area contributed by atoms with Crippen molar-refractivity contribution in [3.05, 3.63) is 43.0 Å². The number of carbonyl (C=O) groups is 1. The second-order valence-corrected chi connectivity index (χ2v) is 6.25. The molecule has 3 rings (SSSR count). The molecule has 2 aromatic heterocycles. The molecular formula is C18H24N6O. The average molecular weight is 340 g/mol. The molecule has 1 saturated heterocycles. The zero-order valence-electron chi connectivity index (χ0n) is 14.3. The summed E-state index contributed by atoms with van der Waals surface area (Å²) in [6.45, 7) is 3.54. The first kappa shape index (κ1) is 17.3. The first-order chi connectivity index (χ1) is 12.3. The molecule has 0 aliphatic carbocycles. The van der Waals surface area contributed by atoms with Crippen molar-refractivity contribution in [3.63, 3.8) is 0 Å². The van der Waals surface area contributed by atoms with Crippen molar-refractivity contribution in [2.45, 2.75) is 19.3 Å². The third kappa shape index (κ3) is 5.49. The number of nitrogens with zero attached hydrogens (tertiary/aromatic N) is 4. The molecule has 0 aromatic carbocycles. The van der Waals surface area contributed by atoms with Gasteiger partial charge in [-0.15, -0.1) is 0 Å². The lowest BCUT2D eigenvalue weighted by atomic mass is 9.98. The van der Waals surface area contributed by atoms with E-state index in [9.17, 15) is 4.79 Å². The van der Waals surface area contributed by atoms with Crippen molar-refractivity contribution in [2.75, 3.05) is 36.4 Å². The first-order valence-corrected chi connectivity index (χ1v) is 8.74. The smallest absolute Gasteiger partial charge is 0.225 e. The van der Waals surface area contributed by atoms with Crippen molar-refractivity contribution < 1.29 is 4.79 Å². The van der Waals surface area contributed by atoms with Crippen LogP contribution in [0.15, 0.2) is 43.0 Å². The van der Waals surface area contributed by atoms with Gasteiger partial charge in [0.1, 0.15) is 0 Å². The molecule has 0 saturated carbocycles. The lowest BCUT2D eigenvalue weighted by Crippen LogP contribution is -2.40. The monoisotopic (exact) mass is 340 g/mol. The number of hydrogen-bond donors (Lipinski definition) is 2. The van der Waals surface area contributed by atoms with E-state index in [1.54, 1.807) is 30.9 Å². The Balaban J connectivity index is 1.35. The van der Waals surface area contributed by atoms with Crippen LogP contribution in [0, 0.1) is 5.92 Å². The minimum atomic E-state index is 0.00320. The van der Waals surface area contributed by atoms with E-state index in [0.717, 1.165) is 37.7 Å². The van der Waals surface area contributed by atoms with E-state index in [4.69, 9.17) is 0 Å². The van der Waals surface area contributed by atoms with Gasteiger partial charge in [-0.05, 0) is 43.5 Å². The first-order valence-electron chi connectivity index (χ1n) is 8.74. The summed E-state index contributed by atoms with van der Waals surface area (Å²) in [7, 11) is 0. The number of pyridine rings is 1. The molecule has 0 spiro atoms. The second kappa shape index (κ2) is 9.08. The van der Waals surface area contributed by atoms with Gasteiger partial charge in [-0.2, -0.15) is 0 Å². The molecule has 25 heavy (non-hydrogen) atoms. The number of anilines is 2. The predicted octanol–water partition coefficient (Wildman–Crippen LogP) is 1.71. The molecular weight excluding hydrogens is 316 g/mol. The Labute approximate surface area is 147 Å². The highest BCUT2D eigenvalue weighted by Gasteiger charge is 2.21. The highest BCUT2D eigenvalue weighted by Crippen LogP contribution is 2.19. The highest BCUT2D eigenvalue weighted by molar-refractivity contribution is 5.90. The summed E-state index contributed by atoms with van der Waals surface area (Å²) in [5.74, 6) is 1.37. The molecule has 7 nitrogen and oxygen atoms in total. The zero-order chi connectivity index (χ0) is 17.3. The summed E-state index contributed by atoms with van der Waals surface area (Å²) in [6.07, 6.45) is 9.69. The molecule has 1 atom stereocenters. The topological polar surface area (TPSA) is 83.0 Å². The van der Waals surface area contributed by atoms with E-state index in [-0.39, 0.29) is 5.91 Å². The summed E-state index contributed by atoms with van der Waals surface area (Å²) in [6, 6.07) is 5.47. The van der Waals surface area contributed by atoms with E-state index in [0.29, 0.717) is 18.9 Å². The largest absolute Gasteiger partial charge is 0.341 e. The van der Waals surface area contributed by atoms with Crippen LogP contribution in [-0.2, 0) is 4.79 Å². The standard InChI is InChI=1S/C18H24N6O/c25-17(23-16-5-1-7-19-13-16)6-10-20-12-15-4-2-11-24(14-15)18-21-8-3-9-22-18/h1,3,5,7-9,13,15,20H,2,4,6,10-12,14H2,(H,23,25). The van der Waals surface area contributed by atoms with Crippen LogP contribution < -0.4 is 15.5 Å². The number of piperidine rings is 1. The Bertz CT molecular complexity index is 651. The molecule has 1 unspecified atom stereocenters. The molecule has 3 heterocycles. The van der Waals surface area contributed by atoms with Gasteiger partial charge in [0, 0.05) is 44.6 Å². The molecule has 1 aliphatic rings. The molecule has 0 radical (unpaired) electrons. The van der Waals surface area contributed by atoms with Crippen LogP contribution in [0.4, 0.5) is 11.6 Å². The Morgan fingerprint density at radius 3 is 2.92 bits per heavy atom. The van der Waals surface area contributed by atoms with Gasteiger partial charge < -0.3 is 15.5 Å². The van der Waals surface area contributed by atoms with Gasteiger partial charge in [0.2, 0.25) is 11.9 Å². The van der Waals surface area contributed by atoms with Crippen LogP contribution in [0.3, 0.4) is 0 Å². The maximum atomic E-state index is 11.9. The Morgan fingerprint density at radius 1 is 1.24 bits per heavy atom. The van der Waals surface area contributed by atoms with E-state index < -0.39 is 0 Å². The summed E-state index contributed by atoms with van der Waals surface area (Å²) >= 11 is 0. The maximum Gasteiger partial charge on any atom is 0.225 e. The predicted molar refractivity (Wildman–Crippen MR) is 97.3 cm³/mol. The summed E-state index contributed by atoms with van der Waals surface area (Å²) in [5, 5.41) is 6.24. The van der Waals surface area contributed by atoms with E-state index in [2.05, 4.69) is 30.5 Å². The van der Waals surface area contributed by atoms with E-state index in [1.807, 2.05) is 12.1 Å². The van der Waals surface area contributed by atoms with Crippen molar-refractivity contribution in [2.24, 2.45) is 5.92 Å². The number of nitrogens with one attached hydrogen (secondary N) is 2. The maximum absolute atomic E-state index is 11.9. The van der Waals surface area contributed by atoms with Gasteiger partial charge in [-0.3, -0.25) is 9.78 Å². The van der Waals surface area contributed by atoms with Gasteiger partial charge in [-0.1, -0.05) is 0 Å². The fraction of sp³-hybridized carbons (Fsp3) is 0.444. The van der Waals surface area contributed by atoms with E-state index >= 15 is 0 Å². The number of carbonyl (C=O) groups excluding carboxylic acids is 1. The summed E-state index contributed by atoms with van der Waals surface area (Å²) in [4.78, 5) is 26.8. The van der Waals surface area contributed by atoms with Crippen LogP contribution in [0.25, 0.3) is 0 Å². The van der Waals surface area contributed by atoms with Crippen LogP contribution >= 0.6 is 0 Å². The molecule has 1 amide bonds. The number of amides is 1. The average Bonchev–Trinajstić information content (AvgIpc) is 2.67. The van der Waals surface area contributed by atoms with Crippen molar-refractivity contribution >= 4 is 17.5 Å². The number of rotatable bonds is 7. The second-order valence-electron chi connectivity index (χ2n) is 6.25. The van der Waals surface area contributed by atoms with Crippen LogP contribution in [0.5, 0.6) is 0 Å². The SMILES string of the molecule is O=C(CCNCC1CCCN(c2ncccn2)C1)Nc1cccnc1. The van der Waals surface area contributed by atoms with Crippen molar-refractivity contribution in [1.29, 1.82) is 0 Å². The third-order valence-corrected chi connectivity index (χ3v) is 4.26. The minimum absolute atomic E-state index is 0.00320. The lowest BCUT2D eigenvalue weighted by Gasteiger charge is -2.32. The van der Waals surface area contributed by atoms with E-state index in [1.165, 1.54) is 6.42 Å². The quantitative estimate of drug-likeness (QED) is 0.747. The molecule has 2 N–H and O–H groups in total. The van der Waals surface area contributed by atoms with Crippen LogP contribution in [0.1, 0.15) is 19.3 Å². The van der Waals surface area contributed by atoms with Gasteiger partial charge in [-0.25, -0.2) is 9.97 Å². The van der Waals surface area contributed by atoms with Gasteiger partial charge in [0.15, 0.2) is 0 Å². The molecule has 0 bridgehead atoms. The number of aromatic nitrogens is 3. The molecule has 132 valence electrons. The third-order valence-electron chi connectivity index (χ3n) is 4.26. The fourth-order valence-electron chi connectivity index (χ4n) is 3.04. The normalized spacial score (nSPS) is 17.3. The lowest BCUT2D eigenvalue weighted by molar-refractivity contribution is -0.116. The van der Waals surface area contributed by atoms with Gasteiger partial charge in [0.25, 0.3) is 0 Å². The van der Waals surface area contributed by atoms with Gasteiger partial charge >= 0.3 is 0 Å². The van der Waals surface area contributed by atoms with Crippen LogP contribution in [0.2, 0.25) is 0 Å². The zero-order valence-corrected chi connectivity index (χ0v) is 14.3. The molecule has 1 aliphatic heterocycles. The summed E-state index contributed by atoms with van der Waals surface area (Å²) < 4.78 is 0. The van der Waals surface area contributed by atoms with Crippen molar-refractivity contribution in [1.82, 2.24) is 20.3 Å². The highest BCUT2D eigenvalue weighted by atomic mass is 16.1. The Kier molecular flexibility index (Phi) is 6.28. The van der Waals surface area contributed by atoms with Crippen molar-refractivity contribution in [3.8, 4) is 0 Å². The minimum Gasteiger partial charge on any atom is -0.341 e. The Morgan fingerprint density at radius 2 is 2.12 bits per heavy atom. The van der Waals surface area contributed by atoms with Gasteiger partial charge in [0.05, 0.1) is 11.9 Å². The Hall–Kier alpha value is -2.54. The fourth-order valence-corrected chi connectivity index (χ4v) is 3.04. The molecule has 7 heteroatoms. The molecule has 1 fully saturated rings. The van der Waals surface area contributed by atoms with Crippen LogP contribution in [-0.4, -0.2) is 47.0 Å². The summed E-state index contributed by atoms with van der Waals surface area (Å²) in [5.41, 5.74) is 0.735. The number of hydrogen-bond acceptors (Lipinski definition) is 6. The molecule has 2 aromatic rings.